The number of aliphatic imine (C=N–C) groups is 1. The van der Waals surface area contributed by atoms with Gasteiger partial charge < -0.3 is 15.5 Å². The van der Waals surface area contributed by atoms with Crippen LogP contribution in [0, 0.1) is 5.92 Å². The van der Waals surface area contributed by atoms with E-state index in [0.29, 0.717) is 12.5 Å². The summed E-state index contributed by atoms with van der Waals surface area (Å²) >= 11 is 0. The Hall–Kier alpha value is -1.75. The minimum atomic E-state index is 0.678. The topological polar surface area (TPSA) is 48.1 Å². The van der Waals surface area contributed by atoms with E-state index < -0.39 is 0 Å². The van der Waals surface area contributed by atoms with Gasteiger partial charge in [-0.1, -0.05) is 25.0 Å². The molecule has 5 heteroatoms. The Morgan fingerprint density at radius 3 is 2.19 bits per heavy atom. The monoisotopic (exact) mass is 369 g/mol. The maximum Gasteiger partial charge on any atom is 0.191 e. The second-order valence-electron chi connectivity index (χ2n) is 8.47. The third-order valence-corrected chi connectivity index (χ3v) is 6.24. The highest BCUT2D eigenvalue weighted by Crippen LogP contribution is 2.30. The Morgan fingerprint density at radius 2 is 1.56 bits per heavy atom. The normalized spacial score (nSPS) is 22.7. The summed E-state index contributed by atoms with van der Waals surface area (Å²) in [5.74, 6) is 1.71. The highest BCUT2D eigenvalue weighted by atomic mass is 15.3. The first-order chi connectivity index (χ1) is 13.3. The molecule has 3 aliphatic rings. The fourth-order valence-electron chi connectivity index (χ4n) is 4.24. The van der Waals surface area contributed by atoms with Crippen LogP contribution >= 0.6 is 0 Å². The first-order valence-electron chi connectivity index (χ1n) is 10.9. The predicted octanol–water partition coefficient (Wildman–Crippen LogP) is 2.91. The van der Waals surface area contributed by atoms with E-state index in [1.54, 1.807) is 0 Å². The number of hydrogen-bond donors (Lipinski definition) is 1. The summed E-state index contributed by atoms with van der Waals surface area (Å²) < 4.78 is 0. The Bertz CT molecular complexity index is 606. The number of rotatable bonds is 5. The molecule has 3 fully saturated rings. The number of guanidine groups is 1. The minimum Gasteiger partial charge on any atom is -0.370 e. The summed E-state index contributed by atoms with van der Waals surface area (Å²) in [6, 6.07) is 8.93. The van der Waals surface area contributed by atoms with Gasteiger partial charge in [-0.2, -0.15) is 0 Å². The molecule has 1 aliphatic carbocycles. The van der Waals surface area contributed by atoms with E-state index in [1.165, 1.54) is 69.4 Å². The molecule has 2 aliphatic heterocycles. The van der Waals surface area contributed by atoms with Gasteiger partial charge >= 0.3 is 0 Å². The van der Waals surface area contributed by atoms with E-state index in [1.807, 2.05) is 0 Å². The van der Waals surface area contributed by atoms with Gasteiger partial charge in [0.25, 0.3) is 0 Å². The highest BCUT2D eigenvalue weighted by Gasteiger charge is 2.26. The largest absolute Gasteiger partial charge is 0.370 e. The van der Waals surface area contributed by atoms with E-state index in [-0.39, 0.29) is 0 Å². The molecule has 5 nitrogen and oxygen atoms in total. The Kier molecular flexibility index (Phi) is 6.17. The third kappa shape index (κ3) is 5.38. The van der Waals surface area contributed by atoms with Crippen LogP contribution < -0.4 is 10.6 Å². The number of benzene rings is 1. The molecule has 4 rings (SSSR count). The summed E-state index contributed by atoms with van der Waals surface area (Å²) in [5, 5.41) is 0. The fraction of sp³-hybridized carbons (Fsp3) is 0.682. The molecule has 1 aromatic carbocycles. The van der Waals surface area contributed by atoms with Crippen LogP contribution in [0.5, 0.6) is 0 Å². The summed E-state index contributed by atoms with van der Waals surface area (Å²) in [6.07, 6.45) is 8.01. The lowest BCUT2D eigenvalue weighted by atomic mass is 10.1. The number of likely N-dealkylation sites (tertiary alicyclic amines) is 1. The molecular formula is C22H35N5. The van der Waals surface area contributed by atoms with Crippen molar-refractivity contribution in [3.05, 3.63) is 29.8 Å². The van der Waals surface area contributed by atoms with Crippen LogP contribution in [-0.2, 0) is 6.54 Å². The lowest BCUT2D eigenvalue weighted by Crippen LogP contribution is -2.47. The number of anilines is 1. The van der Waals surface area contributed by atoms with Gasteiger partial charge in [0.1, 0.15) is 0 Å². The molecule has 148 valence electrons. The molecule has 2 saturated heterocycles. The molecule has 0 atom stereocenters. The van der Waals surface area contributed by atoms with Crippen molar-refractivity contribution >= 4 is 11.6 Å². The van der Waals surface area contributed by atoms with E-state index in [2.05, 4.69) is 44.0 Å². The quantitative estimate of drug-likeness (QED) is 0.640. The van der Waals surface area contributed by atoms with Crippen LogP contribution in [0.3, 0.4) is 0 Å². The van der Waals surface area contributed by atoms with Crippen molar-refractivity contribution < 1.29 is 0 Å². The second-order valence-corrected chi connectivity index (χ2v) is 8.47. The predicted molar refractivity (Wildman–Crippen MR) is 113 cm³/mol. The number of nitrogens with two attached hydrogens (primary N) is 1. The van der Waals surface area contributed by atoms with Gasteiger partial charge in [-0.25, -0.2) is 4.99 Å². The SMILES string of the molecule is NC(=NCc1ccc(N2CCN(CC3CC3)CC2)cc1)N1CCCCCC1. The van der Waals surface area contributed by atoms with Crippen molar-refractivity contribution in [2.45, 2.75) is 45.1 Å². The van der Waals surface area contributed by atoms with E-state index in [4.69, 9.17) is 5.73 Å². The smallest absolute Gasteiger partial charge is 0.191 e. The van der Waals surface area contributed by atoms with Crippen LogP contribution in [0.15, 0.2) is 29.3 Å². The highest BCUT2D eigenvalue weighted by molar-refractivity contribution is 5.78. The van der Waals surface area contributed by atoms with Crippen molar-refractivity contribution in [3.8, 4) is 0 Å². The summed E-state index contributed by atoms with van der Waals surface area (Å²) in [6.45, 7) is 8.81. The maximum absolute atomic E-state index is 6.23. The Morgan fingerprint density at radius 1 is 0.889 bits per heavy atom. The van der Waals surface area contributed by atoms with Crippen molar-refractivity contribution in [3.63, 3.8) is 0 Å². The standard InChI is InChI=1S/C22H35N5/c23-22(27-11-3-1-2-4-12-27)24-17-19-7-9-21(10-8-19)26-15-13-25(14-16-26)18-20-5-6-20/h7-10,20H,1-6,11-18H2,(H2,23,24). The summed E-state index contributed by atoms with van der Waals surface area (Å²) in [4.78, 5) is 12.1. The molecule has 0 bridgehead atoms. The molecule has 1 saturated carbocycles. The van der Waals surface area contributed by atoms with Crippen LogP contribution in [0.4, 0.5) is 5.69 Å². The number of hydrogen-bond acceptors (Lipinski definition) is 3. The summed E-state index contributed by atoms with van der Waals surface area (Å²) in [5.41, 5.74) is 8.81. The van der Waals surface area contributed by atoms with Crippen LogP contribution in [0.25, 0.3) is 0 Å². The number of nitrogens with zero attached hydrogens (tertiary/aromatic N) is 4. The molecular weight excluding hydrogens is 334 g/mol. The Balaban J connectivity index is 1.26. The molecule has 0 radical (unpaired) electrons. The average Bonchev–Trinajstić information content (AvgIpc) is 3.54. The van der Waals surface area contributed by atoms with Gasteiger partial charge in [-0.15, -0.1) is 0 Å². The maximum atomic E-state index is 6.23. The van der Waals surface area contributed by atoms with Crippen LogP contribution in [0.2, 0.25) is 0 Å². The van der Waals surface area contributed by atoms with Crippen molar-refractivity contribution in [1.82, 2.24) is 9.80 Å². The van der Waals surface area contributed by atoms with Crippen LogP contribution in [0.1, 0.15) is 44.1 Å². The number of piperazine rings is 1. The minimum absolute atomic E-state index is 0.678. The average molecular weight is 370 g/mol. The van der Waals surface area contributed by atoms with Gasteiger partial charge in [0.05, 0.1) is 6.54 Å². The van der Waals surface area contributed by atoms with Gasteiger partial charge in [0, 0.05) is 51.5 Å². The van der Waals surface area contributed by atoms with E-state index in [9.17, 15) is 0 Å². The van der Waals surface area contributed by atoms with Crippen molar-refractivity contribution in [2.24, 2.45) is 16.6 Å². The van der Waals surface area contributed by atoms with E-state index in [0.717, 1.165) is 32.1 Å². The third-order valence-electron chi connectivity index (χ3n) is 6.24. The molecule has 0 amide bonds. The summed E-state index contributed by atoms with van der Waals surface area (Å²) in [7, 11) is 0. The van der Waals surface area contributed by atoms with E-state index >= 15 is 0 Å². The molecule has 1 aromatic rings. The fourth-order valence-corrected chi connectivity index (χ4v) is 4.24. The zero-order chi connectivity index (χ0) is 18.5. The molecule has 0 spiro atoms. The molecule has 0 aromatic heterocycles. The molecule has 2 heterocycles. The molecule has 27 heavy (non-hydrogen) atoms. The first-order valence-corrected chi connectivity index (χ1v) is 10.9. The first kappa shape index (κ1) is 18.6. The van der Waals surface area contributed by atoms with Gasteiger partial charge in [-0.05, 0) is 49.3 Å². The van der Waals surface area contributed by atoms with Gasteiger partial charge in [-0.3, -0.25) is 4.90 Å². The van der Waals surface area contributed by atoms with Gasteiger partial charge in [0.15, 0.2) is 5.96 Å². The van der Waals surface area contributed by atoms with Crippen LogP contribution in [-0.4, -0.2) is 61.6 Å². The van der Waals surface area contributed by atoms with Crippen molar-refractivity contribution in [1.29, 1.82) is 0 Å². The van der Waals surface area contributed by atoms with Gasteiger partial charge in [0.2, 0.25) is 0 Å². The zero-order valence-corrected chi connectivity index (χ0v) is 16.7. The molecule has 2 N–H and O–H groups in total. The second kappa shape index (κ2) is 8.96. The lowest BCUT2D eigenvalue weighted by molar-refractivity contribution is 0.248. The lowest BCUT2D eigenvalue weighted by Gasteiger charge is -2.36. The zero-order valence-electron chi connectivity index (χ0n) is 16.7. The van der Waals surface area contributed by atoms with Crippen molar-refractivity contribution in [2.75, 3.05) is 50.7 Å². The Labute approximate surface area is 164 Å². The molecule has 0 unspecified atom stereocenters.